The summed E-state index contributed by atoms with van der Waals surface area (Å²) in [5.74, 6) is -3.56. The Balaban J connectivity index is 1.49. The Morgan fingerprint density at radius 1 is 1.14 bits per heavy atom. The number of esters is 1. The zero-order valence-electron chi connectivity index (χ0n) is 15.7. The summed E-state index contributed by atoms with van der Waals surface area (Å²) in [6.07, 6.45) is 4.77. The Morgan fingerprint density at radius 3 is 2.64 bits per heavy atom. The topological polar surface area (TPSA) is 118 Å². The third kappa shape index (κ3) is 2.28. The molecule has 4 bridgehead atoms. The molecule has 9 atom stereocenters. The molecule has 4 saturated carbocycles. The SMILES string of the molecule is O=C(O)CCC1CC2CCCC(C1=O)C2C12CC3OC(=O)C(C3C1)C2C(=O)O. The Labute approximate surface area is 162 Å². The number of carboxylic acids is 2. The van der Waals surface area contributed by atoms with Gasteiger partial charge in [-0.2, -0.15) is 0 Å². The van der Waals surface area contributed by atoms with E-state index in [9.17, 15) is 24.3 Å². The van der Waals surface area contributed by atoms with E-state index in [1.54, 1.807) is 0 Å². The predicted molar refractivity (Wildman–Crippen MR) is 94.0 cm³/mol. The lowest BCUT2D eigenvalue weighted by Gasteiger charge is -2.53. The first-order valence-corrected chi connectivity index (χ1v) is 10.5. The van der Waals surface area contributed by atoms with Gasteiger partial charge in [0.1, 0.15) is 11.9 Å². The summed E-state index contributed by atoms with van der Waals surface area (Å²) >= 11 is 0. The number of carboxylic acid groups (broad SMARTS) is 2. The third-order valence-corrected chi connectivity index (χ3v) is 8.68. The maximum absolute atomic E-state index is 13.3. The van der Waals surface area contributed by atoms with Gasteiger partial charge in [-0.05, 0) is 49.4 Å². The molecular formula is C21H26O7. The van der Waals surface area contributed by atoms with Gasteiger partial charge in [0.2, 0.25) is 0 Å². The summed E-state index contributed by atoms with van der Waals surface area (Å²) in [6.45, 7) is 0. The zero-order chi connectivity index (χ0) is 19.8. The number of ether oxygens (including phenoxy) is 1. The largest absolute Gasteiger partial charge is 0.481 e. The minimum Gasteiger partial charge on any atom is -0.481 e. The fraction of sp³-hybridized carbons (Fsp3) is 0.810. The molecule has 1 aliphatic heterocycles. The smallest absolute Gasteiger partial charge is 0.310 e. The monoisotopic (exact) mass is 390 g/mol. The van der Waals surface area contributed by atoms with Crippen LogP contribution in [0.4, 0.5) is 0 Å². The van der Waals surface area contributed by atoms with Crippen LogP contribution in [0.15, 0.2) is 0 Å². The van der Waals surface area contributed by atoms with E-state index in [1.165, 1.54) is 0 Å². The van der Waals surface area contributed by atoms with E-state index in [0.717, 1.165) is 19.3 Å². The quantitative estimate of drug-likeness (QED) is 0.690. The average Bonchev–Trinajstić information content (AvgIpc) is 3.22. The van der Waals surface area contributed by atoms with Crippen molar-refractivity contribution < 1.29 is 34.1 Å². The second-order valence-electron chi connectivity index (χ2n) is 9.71. The molecule has 5 aliphatic rings. The van der Waals surface area contributed by atoms with Gasteiger partial charge in [0.15, 0.2) is 0 Å². The number of ketones is 1. The van der Waals surface area contributed by atoms with Gasteiger partial charge in [0, 0.05) is 24.2 Å². The number of rotatable bonds is 5. The molecule has 7 nitrogen and oxygen atoms in total. The van der Waals surface area contributed by atoms with Gasteiger partial charge in [-0.25, -0.2) is 0 Å². The van der Waals surface area contributed by atoms with Crippen LogP contribution < -0.4 is 0 Å². The summed E-state index contributed by atoms with van der Waals surface area (Å²) in [5, 5.41) is 19.0. The Morgan fingerprint density at radius 2 is 1.93 bits per heavy atom. The van der Waals surface area contributed by atoms with Gasteiger partial charge in [-0.3, -0.25) is 19.2 Å². The Hall–Kier alpha value is -1.92. The lowest BCUT2D eigenvalue weighted by Crippen LogP contribution is -2.54. The van der Waals surface area contributed by atoms with E-state index in [2.05, 4.69) is 0 Å². The number of hydrogen-bond acceptors (Lipinski definition) is 5. The van der Waals surface area contributed by atoms with Crippen LogP contribution in [0.1, 0.15) is 51.4 Å². The number of aliphatic carboxylic acids is 2. The minimum absolute atomic E-state index is 0.00201. The average molecular weight is 390 g/mol. The highest BCUT2D eigenvalue weighted by molar-refractivity contribution is 5.88. The standard InChI is InChI=1S/C21H26O7/c22-14(23)5-4-10-6-9-2-1-3-11(18(10)24)16(9)21-7-12-13(8-21)28-20(27)15(12)17(21)19(25)26/h9-13,15-17H,1-8H2,(H,22,23)(H,25,26). The van der Waals surface area contributed by atoms with E-state index in [1.807, 2.05) is 0 Å². The van der Waals surface area contributed by atoms with Gasteiger partial charge in [-0.15, -0.1) is 0 Å². The molecule has 9 unspecified atom stereocenters. The van der Waals surface area contributed by atoms with Crippen LogP contribution in [0.25, 0.3) is 0 Å². The molecule has 0 amide bonds. The first kappa shape index (κ1) is 18.1. The van der Waals surface area contributed by atoms with E-state index in [-0.39, 0.29) is 53.9 Å². The van der Waals surface area contributed by atoms with Crippen molar-refractivity contribution in [2.24, 2.45) is 46.8 Å². The molecule has 5 fully saturated rings. The first-order chi connectivity index (χ1) is 13.3. The minimum atomic E-state index is -0.927. The van der Waals surface area contributed by atoms with Crippen molar-refractivity contribution in [3.63, 3.8) is 0 Å². The lowest BCUT2D eigenvalue weighted by molar-refractivity contribution is -0.162. The molecule has 0 spiro atoms. The maximum atomic E-state index is 13.3. The van der Waals surface area contributed by atoms with Crippen molar-refractivity contribution in [3.05, 3.63) is 0 Å². The second kappa shape index (κ2) is 6.04. The van der Waals surface area contributed by atoms with E-state index in [4.69, 9.17) is 9.84 Å². The zero-order valence-corrected chi connectivity index (χ0v) is 15.7. The van der Waals surface area contributed by atoms with Crippen LogP contribution in [0.2, 0.25) is 0 Å². The molecule has 0 aromatic heterocycles. The summed E-state index contributed by atoms with van der Waals surface area (Å²) < 4.78 is 5.52. The molecular weight excluding hydrogens is 364 g/mol. The second-order valence-corrected chi connectivity index (χ2v) is 9.71. The third-order valence-electron chi connectivity index (χ3n) is 8.68. The molecule has 28 heavy (non-hydrogen) atoms. The first-order valence-electron chi connectivity index (χ1n) is 10.5. The molecule has 0 radical (unpaired) electrons. The van der Waals surface area contributed by atoms with Gasteiger partial charge in [0.25, 0.3) is 0 Å². The molecule has 0 aromatic rings. The molecule has 4 aliphatic carbocycles. The van der Waals surface area contributed by atoms with E-state index in [0.29, 0.717) is 25.7 Å². The molecule has 1 saturated heterocycles. The van der Waals surface area contributed by atoms with Crippen LogP contribution in [0.5, 0.6) is 0 Å². The fourth-order valence-corrected chi connectivity index (χ4v) is 8.03. The number of carbonyl (C=O) groups excluding carboxylic acids is 2. The molecule has 0 aromatic carbocycles. The number of fused-ring (bicyclic) bond motifs is 4. The van der Waals surface area contributed by atoms with E-state index >= 15 is 0 Å². The molecule has 152 valence electrons. The van der Waals surface area contributed by atoms with Crippen molar-refractivity contribution in [3.8, 4) is 0 Å². The van der Waals surface area contributed by atoms with Crippen molar-refractivity contribution in [2.45, 2.75) is 57.5 Å². The van der Waals surface area contributed by atoms with E-state index < -0.39 is 29.2 Å². The van der Waals surface area contributed by atoms with Crippen molar-refractivity contribution in [1.82, 2.24) is 0 Å². The van der Waals surface area contributed by atoms with Crippen LogP contribution in [0.3, 0.4) is 0 Å². The maximum Gasteiger partial charge on any atom is 0.310 e. The number of Topliss-reactive ketones (excluding diaryl/α,β-unsaturated/α-hetero) is 1. The van der Waals surface area contributed by atoms with Gasteiger partial charge < -0.3 is 14.9 Å². The molecule has 1 heterocycles. The van der Waals surface area contributed by atoms with Crippen LogP contribution in [0, 0.1) is 46.8 Å². The normalized spacial score (nSPS) is 48.6. The Bertz CT molecular complexity index is 756. The van der Waals surface area contributed by atoms with Gasteiger partial charge in [-0.1, -0.05) is 12.8 Å². The summed E-state index contributed by atoms with van der Waals surface area (Å²) in [6, 6.07) is 0. The number of carbonyl (C=O) groups is 4. The fourth-order valence-electron chi connectivity index (χ4n) is 8.03. The lowest BCUT2D eigenvalue weighted by atomic mass is 9.49. The summed E-state index contributed by atoms with van der Waals surface area (Å²) in [5.41, 5.74) is -0.527. The van der Waals surface area contributed by atoms with Crippen molar-refractivity contribution in [2.75, 3.05) is 0 Å². The highest BCUT2D eigenvalue weighted by Crippen LogP contribution is 2.71. The van der Waals surface area contributed by atoms with Crippen LogP contribution >= 0.6 is 0 Å². The highest BCUT2D eigenvalue weighted by atomic mass is 16.6. The predicted octanol–water partition coefficient (Wildman–Crippen LogP) is 2.13. The van der Waals surface area contributed by atoms with Crippen molar-refractivity contribution >= 4 is 23.7 Å². The molecule has 7 heteroatoms. The van der Waals surface area contributed by atoms with Crippen molar-refractivity contribution in [1.29, 1.82) is 0 Å². The highest BCUT2D eigenvalue weighted by Gasteiger charge is 2.75. The van der Waals surface area contributed by atoms with Crippen LogP contribution in [-0.4, -0.2) is 40.0 Å². The number of hydrogen-bond donors (Lipinski definition) is 2. The van der Waals surface area contributed by atoms with Gasteiger partial charge >= 0.3 is 17.9 Å². The molecule has 2 N–H and O–H groups in total. The summed E-state index contributed by atoms with van der Waals surface area (Å²) in [7, 11) is 0. The summed E-state index contributed by atoms with van der Waals surface area (Å²) in [4.78, 5) is 48.8. The molecule has 5 rings (SSSR count). The van der Waals surface area contributed by atoms with Crippen LogP contribution in [-0.2, 0) is 23.9 Å². The van der Waals surface area contributed by atoms with Gasteiger partial charge in [0.05, 0.1) is 11.8 Å². The Kier molecular flexibility index (Phi) is 3.91.